The van der Waals surface area contributed by atoms with E-state index in [4.69, 9.17) is 16.3 Å². The van der Waals surface area contributed by atoms with Crippen LogP contribution in [0, 0.1) is 0 Å². The van der Waals surface area contributed by atoms with E-state index in [0.29, 0.717) is 17.5 Å². The minimum Gasteiger partial charge on any atom is -0.469 e. The zero-order valence-corrected chi connectivity index (χ0v) is 16.1. The number of carbonyl (C=O) groups is 1. The number of rotatable bonds is 5. The second kappa shape index (κ2) is 8.54. The molecule has 0 saturated carbocycles. The van der Waals surface area contributed by atoms with Gasteiger partial charge in [0, 0.05) is 6.20 Å². The number of benzene rings is 1. The zero-order valence-electron chi connectivity index (χ0n) is 15.3. The summed E-state index contributed by atoms with van der Waals surface area (Å²) in [5.41, 5.74) is -1.08. The molecule has 0 fully saturated rings. The molecule has 0 aliphatic rings. The molecule has 0 N–H and O–H groups in total. The minimum absolute atomic E-state index is 0.0504. The van der Waals surface area contributed by atoms with Crippen molar-refractivity contribution < 1.29 is 27.4 Å². The third kappa shape index (κ3) is 4.77. The predicted molar refractivity (Wildman–Crippen MR) is 99.9 cm³/mol. The number of carbonyl (C=O) groups excluding carboxylic acids is 1. The summed E-state index contributed by atoms with van der Waals surface area (Å²) in [6.07, 6.45) is -2.72. The van der Waals surface area contributed by atoms with Crippen LogP contribution in [-0.4, -0.2) is 27.8 Å². The zero-order chi connectivity index (χ0) is 21.9. The van der Waals surface area contributed by atoms with Crippen LogP contribution in [0.3, 0.4) is 0 Å². The van der Waals surface area contributed by atoms with Crippen LogP contribution < -0.4 is 10.3 Å². The van der Waals surface area contributed by atoms with Gasteiger partial charge in [-0.1, -0.05) is 23.7 Å². The van der Waals surface area contributed by atoms with E-state index in [1.165, 1.54) is 7.11 Å². The maximum Gasteiger partial charge on any atom is 0.417 e. The van der Waals surface area contributed by atoms with Crippen molar-refractivity contribution in [3.63, 3.8) is 0 Å². The molecule has 2 aromatic heterocycles. The maximum atomic E-state index is 12.6. The number of aromatic nitrogens is 3. The molecule has 0 unspecified atom stereocenters. The van der Waals surface area contributed by atoms with Gasteiger partial charge in [-0.25, -0.2) is 4.98 Å². The van der Waals surface area contributed by atoms with Gasteiger partial charge in [-0.15, -0.1) is 0 Å². The van der Waals surface area contributed by atoms with Gasteiger partial charge < -0.3 is 9.47 Å². The Balaban J connectivity index is 1.81. The fourth-order valence-corrected chi connectivity index (χ4v) is 2.54. The van der Waals surface area contributed by atoms with Gasteiger partial charge in [-0.2, -0.15) is 23.0 Å². The first kappa shape index (κ1) is 21.3. The number of esters is 1. The van der Waals surface area contributed by atoms with E-state index < -0.39 is 23.3 Å². The summed E-state index contributed by atoms with van der Waals surface area (Å²) in [6.45, 7) is 0. The summed E-state index contributed by atoms with van der Waals surface area (Å²) in [7, 11) is 1.29. The predicted octanol–water partition coefficient (Wildman–Crippen LogP) is 3.81. The molecule has 0 atom stereocenters. The third-order valence-corrected chi connectivity index (χ3v) is 4.25. The summed E-state index contributed by atoms with van der Waals surface area (Å²) in [5, 5.41) is 3.53. The molecule has 1 aromatic carbocycles. The lowest BCUT2D eigenvalue weighted by molar-refractivity contribution is -0.140. The van der Waals surface area contributed by atoms with Crippen LogP contribution in [0.25, 0.3) is 5.82 Å². The Hall–Kier alpha value is -3.40. The maximum absolute atomic E-state index is 12.6. The number of nitrogens with zero attached hydrogens (tertiary/aromatic N) is 3. The standard InChI is InChI=1S/C19H13ClF3N3O4/c1-29-16(27)8-11-2-5-13(6-3-11)30-14-10-25-26(18(28)17(14)20)15-7-4-12(9-24-15)19(21,22)23/h2-7,9-10H,8H2,1H3. The van der Waals surface area contributed by atoms with E-state index in [1.807, 2.05) is 0 Å². The Morgan fingerprint density at radius 2 is 1.83 bits per heavy atom. The van der Waals surface area contributed by atoms with Gasteiger partial charge in [-0.05, 0) is 29.8 Å². The fourth-order valence-electron chi connectivity index (χ4n) is 2.37. The van der Waals surface area contributed by atoms with Crippen molar-refractivity contribution in [1.29, 1.82) is 0 Å². The SMILES string of the molecule is COC(=O)Cc1ccc(Oc2cnn(-c3ccc(C(F)(F)F)cn3)c(=O)c2Cl)cc1. The summed E-state index contributed by atoms with van der Waals surface area (Å²) in [6, 6.07) is 8.20. The Kier molecular flexibility index (Phi) is 6.06. The first-order valence-corrected chi connectivity index (χ1v) is 8.72. The molecule has 0 aliphatic heterocycles. The molecule has 0 saturated heterocycles. The monoisotopic (exact) mass is 439 g/mol. The lowest BCUT2D eigenvalue weighted by Crippen LogP contribution is -2.23. The minimum atomic E-state index is -4.55. The van der Waals surface area contributed by atoms with E-state index in [2.05, 4.69) is 14.8 Å². The van der Waals surface area contributed by atoms with Crippen LogP contribution in [0.15, 0.2) is 53.6 Å². The first-order chi connectivity index (χ1) is 14.2. The van der Waals surface area contributed by atoms with Gasteiger partial charge in [-0.3, -0.25) is 9.59 Å². The molecule has 3 rings (SSSR count). The highest BCUT2D eigenvalue weighted by Crippen LogP contribution is 2.29. The number of halogens is 4. The number of alkyl halides is 3. The molecule has 0 amide bonds. The highest BCUT2D eigenvalue weighted by molar-refractivity contribution is 6.31. The molecular weight excluding hydrogens is 427 g/mol. The van der Waals surface area contributed by atoms with E-state index >= 15 is 0 Å². The van der Waals surface area contributed by atoms with Crippen LogP contribution in [-0.2, 0) is 22.1 Å². The molecule has 0 bridgehead atoms. The fraction of sp³-hybridized carbons (Fsp3) is 0.158. The molecule has 0 aliphatic carbocycles. The first-order valence-electron chi connectivity index (χ1n) is 8.34. The number of methoxy groups -OCH3 is 1. The molecule has 156 valence electrons. The van der Waals surface area contributed by atoms with Gasteiger partial charge >= 0.3 is 12.1 Å². The van der Waals surface area contributed by atoms with Gasteiger partial charge in [0.15, 0.2) is 16.6 Å². The van der Waals surface area contributed by atoms with Crippen molar-refractivity contribution in [2.45, 2.75) is 12.6 Å². The Morgan fingerprint density at radius 1 is 1.13 bits per heavy atom. The number of pyridine rings is 1. The number of hydrogen-bond acceptors (Lipinski definition) is 6. The lowest BCUT2D eigenvalue weighted by Gasteiger charge is -2.10. The van der Waals surface area contributed by atoms with Gasteiger partial charge in [0.25, 0.3) is 5.56 Å². The Morgan fingerprint density at radius 3 is 2.40 bits per heavy atom. The van der Waals surface area contributed by atoms with Crippen LogP contribution in [0.4, 0.5) is 13.2 Å². The second-order valence-corrected chi connectivity index (χ2v) is 6.32. The van der Waals surface area contributed by atoms with Crippen LogP contribution in [0.1, 0.15) is 11.1 Å². The second-order valence-electron chi connectivity index (χ2n) is 5.94. The molecular formula is C19H13ClF3N3O4. The molecule has 30 heavy (non-hydrogen) atoms. The Labute approximate surface area is 172 Å². The molecule has 3 aromatic rings. The summed E-state index contributed by atoms with van der Waals surface area (Å²) < 4.78 is 48.8. The average molecular weight is 440 g/mol. The summed E-state index contributed by atoms with van der Waals surface area (Å²) in [4.78, 5) is 27.3. The molecule has 0 spiro atoms. The quantitative estimate of drug-likeness (QED) is 0.562. The van der Waals surface area contributed by atoms with Crippen molar-refractivity contribution >= 4 is 17.6 Å². The van der Waals surface area contributed by atoms with Crippen LogP contribution in [0.2, 0.25) is 5.02 Å². The van der Waals surface area contributed by atoms with E-state index in [9.17, 15) is 22.8 Å². The van der Waals surface area contributed by atoms with Crippen molar-refractivity contribution in [2.24, 2.45) is 0 Å². The molecule has 2 heterocycles. The van der Waals surface area contributed by atoms with Gasteiger partial charge in [0.2, 0.25) is 0 Å². The average Bonchev–Trinajstić information content (AvgIpc) is 2.72. The largest absolute Gasteiger partial charge is 0.469 e. The Bertz CT molecular complexity index is 1110. The molecule has 0 radical (unpaired) electrons. The number of hydrogen-bond donors (Lipinski definition) is 0. The topological polar surface area (TPSA) is 83.3 Å². The van der Waals surface area contributed by atoms with E-state index in [-0.39, 0.29) is 23.0 Å². The molecule has 11 heteroatoms. The number of ether oxygens (including phenoxy) is 2. The highest BCUT2D eigenvalue weighted by atomic mass is 35.5. The van der Waals surface area contributed by atoms with Crippen molar-refractivity contribution in [3.8, 4) is 17.3 Å². The summed E-state index contributed by atoms with van der Waals surface area (Å²) in [5.74, 6) is -0.243. The van der Waals surface area contributed by atoms with Crippen molar-refractivity contribution in [1.82, 2.24) is 14.8 Å². The third-order valence-electron chi connectivity index (χ3n) is 3.91. The summed E-state index contributed by atoms with van der Waals surface area (Å²) >= 11 is 6.05. The van der Waals surface area contributed by atoms with Gasteiger partial charge in [0.05, 0.1) is 25.3 Å². The molecule has 7 nitrogen and oxygen atoms in total. The van der Waals surface area contributed by atoms with Crippen molar-refractivity contribution in [2.75, 3.05) is 7.11 Å². The highest BCUT2D eigenvalue weighted by Gasteiger charge is 2.30. The normalized spacial score (nSPS) is 11.2. The van der Waals surface area contributed by atoms with Crippen molar-refractivity contribution in [3.05, 3.63) is 75.3 Å². The van der Waals surface area contributed by atoms with Gasteiger partial charge in [0.1, 0.15) is 5.75 Å². The smallest absolute Gasteiger partial charge is 0.417 e. The lowest BCUT2D eigenvalue weighted by atomic mass is 10.1. The van der Waals surface area contributed by atoms with E-state index in [0.717, 1.165) is 23.0 Å². The van der Waals surface area contributed by atoms with Crippen LogP contribution in [0.5, 0.6) is 11.5 Å². The van der Waals surface area contributed by atoms with E-state index in [1.54, 1.807) is 24.3 Å². The van der Waals surface area contributed by atoms with Crippen LogP contribution >= 0.6 is 11.6 Å².